The van der Waals surface area contributed by atoms with Gasteiger partial charge in [-0.15, -0.1) is 0 Å². The molecule has 0 radical (unpaired) electrons. The summed E-state index contributed by atoms with van der Waals surface area (Å²) in [5, 5.41) is 6.59. The number of methoxy groups -OCH3 is 3. The van der Waals surface area contributed by atoms with Crippen molar-refractivity contribution < 1.29 is 18.9 Å². The summed E-state index contributed by atoms with van der Waals surface area (Å²) in [6.07, 6.45) is 0.706. The fraction of sp³-hybridized carbons (Fsp3) is 0.409. The molecule has 0 amide bonds. The zero-order valence-electron chi connectivity index (χ0n) is 17.8. The maximum Gasteiger partial charge on any atom is 0.191 e. The molecule has 2 aromatic rings. The second-order valence-electron chi connectivity index (χ2n) is 6.39. The van der Waals surface area contributed by atoms with Gasteiger partial charge in [-0.3, -0.25) is 4.99 Å². The molecule has 7 nitrogen and oxygen atoms in total. The van der Waals surface area contributed by atoms with Crippen molar-refractivity contribution in [2.24, 2.45) is 4.99 Å². The van der Waals surface area contributed by atoms with E-state index in [2.05, 4.69) is 15.6 Å². The standard InChI is InChI=1S/C22H31N3O4/c1-16(29-21-9-7-6-8-20(21)28-5)15-25-22(23-2)24-13-12-17-14-18(26-3)10-11-19(17)27-4/h6-11,14,16H,12-13,15H2,1-5H3,(H2,23,24,25). The van der Waals surface area contributed by atoms with E-state index in [9.17, 15) is 0 Å². The highest BCUT2D eigenvalue weighted by molar-refractivity contribution is 5.79. The van der Waals surface area contributed by atoms with Crippen LogP contribution in [0, 0.1) is 0 Å². The van der Waals surface area contributed by atoms with Crippen molar-refractivity contribution in [2.45, 2.75) is 19.4 Å². The number of aliphatic imine (C=N–C) groups is 1. The van der Waals surface area contributed by atoms with E-state index in [-0.39, 0.29) is 6.10 Å². The quantitative estimate of drug-likeness (QED) is 0.471. The van der Waals surface area contributed by atoms with Crippen molar-refractivity contribution in [1.82, 2.24) is 10.6 Å². The Balaban J connectivity index is 1.82. The molecule has 2 N–H and O–H groups in total. The Morgan fingerprint density at radius 2 is 1.66 bits per heavy atom. The van der Waals surface area contributed by atoms with Crippen LogP contribution in [0.2, 0.25) is 0 Å². The molecule has 0 saturated carbocycles. The molecule has 0 aliphatic rings. The van der Waals surface area contributed by atoms with Gasteiger partial charge in [0.05, 0.1) is 27.9 Å². The third kappa shape index (κ3) is 6.78. The molecule has 2 aromatic carbocycles. The topological polar surface area (TPSA) is 73.3 Å². The third-order valence-electron chi connectivity index (χ3n) is 4.35. The lowest BCUT2D eigenvalue weighted by Gasteiger charge is -2.19. The highest BCUT2D eigenvalue weighted by Gasteiger charge is 2.10. The predicted molar refractivity (Wildman–Crippen MR) is 116 cm³/mol. The third-order valence-corrected chi connectivity index (χ3v) is 4.35. The fourth-order valence-electron chi connectivity index (χ4n) is 2.83. The van der Waals surface area contributed by atoms with Gasteiger partial charge < -0.3 is 29.6 Å². The average molecular weight is 402 g/mol. The van der Waals surface area contributed by atoms with Gasteiger partial charge in [0.25, 0.3) is 0 Å². The number of hydrogen-bond donors (Lipinski definition) is 2. The molecule has 1 unspecified atom stereocenters. The Labute approximate surface area is 173 Å². The zero-order chi connectivity index (χ0) is 21.1. The van der Waals surface area contributed by atoms with Gasteiger partial charge in [-0.2, -0.15) is 0 Å². The summed E-state index contributed by atoms with van der Waals surface area (Å²) >= 11 is 0. The summed E-state index contributed by atoms with van der Waals surface area (Å²) < 4.78 is 22.0. The van der Waals surface area contributed by atoms with Crippen LogP contribution in [0.3, 0.4) is 0 Å². The second kappa shape index (κ2) is 11.7. The molecule has 0 bridgehead atoms. The van der Waals surface area contributed by atoms with Gasteiger partial charge in [-0.25, -0.2) is 0 Å². The molecule has 158 valence electrons. The van der Waals surface area contributed by atoms with Crippen molar-refractivity contribution in [2.75, 3.05) is 41.5 Å². The van der Waals surface area contributed by atoms with Gasteiger partial charge in [0.15, 0.2) is 17.5 Å². The Morgan fingerprint density at radius 1 is 0.931 bits per heavy atom. The van der Waals surface area contributed by atoms with E-state index >= 15 is 0 Å². The minimum Gasteiger partial charge on any atom is -0.497 e. The molecule has 29 heavy (non-hydrogen) atoms. The van der Waals surface area contributed by atoms with Crippen LogP contribution in [0.25, 0.3) is 0 Å². The summed E-state index contributed by atoms with van der Waals surface area (Å²) in [5.41, 5.74) is 1.07. The monoisotopic (exact) mass is 401 g/mol. The lowest BCUT2D eigenvalue weighted by atomic mass is 10.1. The Kier molecular flexibility index (Phi) is 8.95. The maximum atomic E-state index is 5.96. The van der Waals surface area contributed by atoms with Crippen molar-refractivity contribution in [3.8, 4) is 23.0 Å². The number of ether oxygens (including phenoxy) is 4. The summed E-state index contributed by atoms with van der Waals surface area (Å²) in [5.74, 6) is 3.80. The average Bonchev–Trinajstić information content (AvgIpc) is 2.76. The van der Waals surface area contributed by atoms with Crippen molar-refractivity contribution in [3.05, 3.63) is 48.0 Å². The number of rotatable bonds is 10. The number of nitrogens with one attached hydrogen (secondary N) is 2. The molecule has 0 spiro atoms. The van der Waals surface area contributed by atoms with E-state index in [0.29, 0.717) is 24.8 Å². The van der Waals surface area contributed by atoms with Gasteiger partial charge in [-0.05, 0) is 49.2 Å². The minimum atomic E-state index is -0.0664. The van der Waals surface area contributed by atoms with Crippen LogP contribution >= 0.6 is 0 Å². The molecular weight excluding hydrogens is 370 g/mol. The number of nitrogens with zero attached hydrogens (tertiary/aromatic N) is 1. The number of hydrogen-bond acceptors (Lipinski definition) is 5. The van der Waals surface area contributed by atoms with Crippen LogP contribution in [-0.4, -0.2) is 53.5 Å². The highest BCUT2D eigenvalue weighted by atomic mass is 16.5. The first-order valence-corrected chi connectivity index (χ1v) is 9.56. The SMILES string of the molecule is CN=C(NCCc1cc(OC)ccc1OC)NCC(C)Oc1ccccc1OC. The lowest BCUT2D eigenvalue weighted by Crippen LogP contribution is -2.42. The van der Waals surface area contributed by atoms with E-state index in [0.717, 1.165) is 29.2 Å². The highest BCUT2D eigenvalue weighted by Crippen LogP contribution is 2.26. The summed E-state index contributed by atoms with van der Waals surface area (Å²) in [6.45, 7) is 3.29. The van der Waals surface area contributed by atoms with Gasteiger partial charge in [0, 0.05) is 13.6 Å². The second-order valence-corrected chi connectivity index (χ2v) is 6.39. The molecule has 0 saturated heterocycles. The molecule has 0 aliphatic carbocycles. The van der Waals surface area contributed by atoms with Gasteiger partial charge in [-0.1, -0.05) is 12.1 Å². The van der Waals surface area contributed by atoms with Crippen LogP contribution in [-0.2, 0) is 6.42 Å². The van der Waals surface area contributed by atoms with Crippen LogP contribution in [0.15, 0.2) is 47.5 Å². The normalized spacial score (nSPS) is 12.1. The first-order chi connectivity index (χ1) is 14.1. The molecule has 0 fully saturated rings. The molecule has 1 atom stereocenters. The fourth-order valence-corrected chi connectivity index (χ4v) is 2.83. The predicted octanol–water partition coefficient (Wildman–Crippen LogP) is 2.89. The summed E-state index contributed by atoms with van der Waals surface area (Å²) in [7, 11) is 6.70. The van der Waals surface area contributed by atoms with E-state index in [1.54, 1.807) is 28.4 Å². The van der Waals surface area contributed by atoms with Crippen LogP contribution < -0.4 is 29.6 Å². The first kappa shape index (κ1) is 22.2. The molecule has 0 heterocycles. The molecule has 0 aromatic heterocycles. The maximum absolute atomic E-state index is 5.96. The van der Waals surface area contributed by atoms with E-state index in [1.807, 2.05) is 49.4 Å². The molecule has 7 heteroatoms. The number of guanidine groups is 1. The van der Waals surface area contributed by atoms with Gasteiger partial charge >= 0.3 is 0 Å². The minimum absolute atomic E-state index is 0.0664. The Hall–Kier alpha value is -3.09. The molecular formula is C22H31N3O4. The molecule has 0 aliphatic heterocycles. The van der Waals surface area contributed by atoms with E-state index in [1.165, 1.54) is 0 Å². The Bertz CT molecular complexity index is 795. The summed E-state index contributed by atoms with van der Waals surface area (Å²) in [6, 6.07) is 13.4. The van der Waals surface area contributed by atoms with E-state index in [4.69, 9.17) is 18.9 Å². The summed E-state index contributed by atoms with van der Waals surface area (Å²) in [4.78, 5) is 4.27. The number of benzene rings is 2. The smallest absolute Gasteiger partial charge is 0.191 e. The van der Waals surface area contributed by atoms with Gasteiger partial charge in [0.1, 0.15) is 17.6 Å². The van der Waals surface area contributed by atoms with Crippen molar-refractivity contribution in [3.63, 3.8) is 0 Å². The molecule has 2 rings (SSSR count). The first-order valence-electron chi connectivity index (χ1n) is 9.56. The lowest BCUT2D eigenvalue weighted by molar-refractivity contribution is 0.213. The Morgan fingerprint density at radius 3 is 2.31 bits per heavy atom. The van der Waals surface area contributed by atoms with Crippen molar-refractivity contribution in [1.29, 1.82) is 0 Å². The van der Waals surface area contributed by atoms with Crippen LogP contribution in [0.5, 0.6) is 23.0 Å². The zero-order valence-corrected chi connectivity index (χ0v) is 17.8. The van der Waals surface area contributed by atoms with E-state index < -0.39 is 0 Å². The van der Waals surface area contributed by atoms with Crippen LogP contribution in [0.4, 0.5) is 0 Å². The largest absolute Gasteiger partial charge is 0.497 e. The van der Waals surface area contributed by atoms with Crippen molar-refractivity contribution >= 4 is 5.96 Å². The van der Waals surface area contributed by atoms with Gasteiger partial charge in [0.2, 0.25) is 0 Å². The number of para-hydroxylation sites is 2. The van der Waals surface area contributed by atoms with Crippen LogP contribution in [0.1, 0.15) is 12.5 Å².